The highest BCUT2D eigenvalue weighted by molar-refractivity contribution is 6.02. The van der Waals surface area contributed by atoms with Crippen LogP contribution in [0.1, 0.15) is 5.76 Å². The molecule has 1 fully saturated rings. The molecule has 2 heterocycles. The van der Waals surface area contributed by atoms with E-state index in [0.717, 1.165) is 22.2 Å². The Balaban J connectivity index is 2.06. The number of hydrogen-bond donors (Lipinski definition) is 0. The van der Waals surface area contributed by atoms with E-state index >= 15 is 0 Å². The largest absolute Gasteiger partial charge is 0.433 e. The van der Waals surface area contributed by atoms with E-state index in [9.17, 15) is 19.7 Å². The minimum Gasteiger partial charge on any atom is -0.400 e. The highest BCUT2D eigenvalue weighted by Gasteiger charge is 2.35. The molecule has 0 radical (unpaired) electrons. The van der Waals surface area contributed by atoms with Gasteiger partial charge in [0.2, 0.25) is 0 Å². The fourth-order valence-corrected chi connectivity index (χ4v) is 1.51. The number of rotatable bonds is 5. The van der Waals surface area contributed by atoms with Crippen LogP contribution in [0.3, 0.4) is 0 Å². The minimum atomic E-state index is -0.692. The fourth-order valence-electron chi connectivity index (χ4n) is 1.51. The summed E-state index contributed by atoms with van der Waals surface area (Å²) in [6.07, 6.45) is 1.12. The summed E-state index contributed by atoms with van der Waals surface area (Å²) >= 11 is 0. The summed E-state index contributed by atoms with van der Waals surface area (Å²) in [7, 11) is 1.36. The summed E-state index contributed by atoms with van der Waals surface area (Å²) in [6, 6.07) is 1.86. The molecule has 0 unspecified atom stereocenters. The third-order valence-electron chi connectivity index (χ3n) is 2.41. The zero-order valence-corrected chi connectivity index (χ0v) is 10.4. The van der Waals surface area contributed by atoms with E-state index in [0.29, 0.717) is 0 Å². The van der Waals surface area contributed by atoms with Crippen molar-refractivity contribution in [2.75, 3.05) is 20.4 Å². The molecule has 0 aromatic carbocycles. The van der Waals surface area contributed by atoms with Crippen LogP contribution in [0.2, 0.25) is 0 Å². The molecule has 2 rings (SSSR count). The van der Waals surface area contributed by atoms with Crippen molar-refractivity contribution in [3.05, 3.63) is 28.0 Å². The van der Waals surface area contributed by atoms with Crippen molar-refractivity contribution < 1.29 is 23.7 Å². The highest BCUT2D eigenvalue weighted by atomic mass is 16.6. The van der Waals surface area contributed by atoms with E-state index in [4.69, 9.17) is 9.15 Å². The number of nitrogens with zero attached hydrogens (tertiary/aromatic N) is 4. The van der Waals surface area contributed by atoms with Crippen LogP contribution in [0.4, 0.5) is 10.7 Å². The molecule has 10 heteroatoms. The fraction of sp³-hybridized carbons (Fsp3) is 0.300. The number of methoxy groups -OCH3 is 1. The second-order valence-corrected chi connectivity index (χ2v) is 3.76. The molecule has 0 bridgehead atoms. The zero-order chi connectivity index (χ0) is 14.7. The SMILES string of the molecule is COCN1C(=O)CN(N=Cc2ccc([N+](=O)[O-])o2)C1=O. The number of urea groups is 1. The van der Waals surface area contributed by atoms with Crippen LogP contribution in [-0.2, 0) is 9.53 Å². The maximum atomic E-state index is 11.7. The summed E-state index contributed by atoms with van der Waals surface area (Å²) in [5, 5.41) is 15.1. The number of carbonyl (C=O) groups excluding carboxylic acids is 2. The van der Waals surface area contributed by atoms with Crippen molar-refractivity contribution in [3.8, 4) is 0 Å². The van der Waals surface area contributed by atoms with Crippen LogP contribution in [-0.4, -0.2) is 53.4 Å². The lowest BCUT2D eigenvalue weighted by molar-refractivity contribution is -0.402. The molecular weight excluding hydrogens is 272 g/mol. The molecule has 0 spiro atoms. The lowest BCUT2D eigenvalue weighted by Crippen LogP contribution is -2.33. The average molecular weight is 282 g/mol. The molecular formula is C10H10N4O6. The molecule has 0 saturated carbocycles. The van der Waals surface area contributed by atoms with E-state index in [2.05, 4.69) is 5.10 Å². The molecule has 106 valence electrons. The molecule has 0 atom stereocenters. The summed E-state index contributed by atoms with van der Waals surface area (Å²) in [5.74, 6) is -0.780. The molecule has 3 amide bonds. The number of furan rings is 1. The quantitative estimate of drug-likeness (QED) is 0.333. The standard InChI is InChI=1S/C10H10N4O6/c1-19-6-12-8(15)5-13(10(12)16)11-4-7-2-3-9(20-7)14(17)18/h2-4H,5-6H2,1H3. The Morgan fingerprint density at radius 3 is 2.90 bits per heavy atom. The van der Waals surface area contributed by atoms with Crippen LogP contribution in [0.5, 0.6) is 0 Å². The first-order chi connectivity index (χ1) is 9.52. The third kappa shape index (κ3) is 2.64. The highest BCUT2D eigenvalue weighted by Crippen LogP contribution is 2.15. The van der Waals surface area contributed by atoms with Gasteiger partial charge in [0.25, 0.3) is 5.91 Å². The van der Waals surface area contributed by atoms with Crippen LogP contribution < -0.4 is 0 Å². The Bertz CT molecular complexity index is 580. The van der Waals surface area contributed by atoms with Gasteiger partial charge in [0, 0.05) is 7.11 Å². The molecule has 1 aliphatic rings. The Morgan fingerprint density at radius 2 is 2.30 bits per heavy atom. The van der Waals surface area contributed by atoms with Crippen LogP contribution in [0.15, 0.2) is 21.7 Å². The summed E-state index contributed by atoms with van der Waals surface area (Å²) in [4.78, 5) is 33.8. The van der Waals surface area contributed by atoms with Crippen LogP contribution in [0.25, 0.3) is 0 Å². The summed E-state index contributed by atoms with van der Waals surface area (Å²) in [6.45, 7) is -0.378. The number of ether oxygens (including phenoxy) is 1. The molecule has 0 N–H and O–H groups in total. The van der Waals surface area contributed by atoms with Gasteiger partial charge in [0.1, 0.15) is 18.2 Å². The second-order valence-electron chi connectivity index (χ2n) is 3.76. The van der Waals surface area contributed by atoms with Gasteiger partial charge >= 0.3 is 11.9 Å². The first-order valence-electron chi connectivity index (χ1n) is 5.42. The Labute approximate surface area is 112 Å². The second kappa shape index (κ2) is 5.48. The Hall–Kier alpha value is -2.75. The van der Waals surface area contributed by atoms with Gasteiger partial charge < -0.3 is 9.15 Å². The number of amides is 3. The lowest BCUT2D eigenvalue weighted by atomic mass is 10.5. The van der Waals surface area contributed by atoms with Crippen molar-refractivity contribution in [2.45, 2.75) is 0 Å². The lowest BCUT2D eigenvalue weighted by Gasteiger charge is -2.11. The first kappa shape index (κ1) is 13.7. The van der Waals surface area contributed by atoms with Gasteiger partial charge in [-0.2, -0.15) is 5.10 Å². The Morgan fingerprint density at radius 1 is 1.55 bits per heavy atom. The molecule has 10 nitrogen and oxygen atoms in total. The van der Waals surface area contributed by atoms with E-state index in [1.54, 1.807) is 0 Å². The van der Waals surface area contributed by atoms with Crippen molar-refractivity contribution >= 4 is 24.0 Å². The molecule has 1 saturated heterocycles. The van der Waals surface area contributed by atoms with Gasteiger partial charge in [-0.15, -0.1) is 0 Å². The van der Waals surface area contributed by atoms with Crippen molar-refractivity contribution in [1.82, 2.24) is 9.91 Å². The number of nitro groups is 1. The van der Waals surface area contributed by atoms with Gasteiger partial charge in [-0.3, -0.25) is 14.9 Å². The van der Waals surface area contributed by atoms with Crippen LogP contribution in [0, 0.1) is 10.1 Å². The van der Waals surface area contributed by atoms with E-state index in [1.165, 1.54) is 13.2 Å². The number of carbonyl (C=O) groups is 2. The molecule has 1 aromatic heterocycles. The number of imide groups is 1. The van der Waals surface area contributed by atoms with Crippen LogP contribution >= 0.6 is 0 Å². The van der Waals surface area contributed by atoms with Gasteiger partial charge in [-0.25, -0.2) is 14.7 Å². The zero-order valence-electron chi connectivity index (χ0n) is 10.4. The van der Waals surface area contributed by atoms with E-state index < -0.39 is 22.7 Å². The average Bonchev–Trinajstić information content (AvgIpc) is 2.97. The maximum Gasteiger partial charge on any atom is 0.433 e. The van der Waals surface area contributed by atoms with Crippen molar-refractivity contribution in [3.63, 3.8) is 0 Å². The van der Waals surface area contributed by atoms with Gasteiger partial charge in [0.15, 0.2) is 5.76 Å². The first-order valence-corrected chi connectivity index (χ1v) is 5.42. The van der Waals surface area contributed by atoms with E-state index in [1.807, 2.05) is 0 Å². The molecule has 0 aliphatic carbocycles. The summed E-state index contributed by atoms with van der Waals surface area (Å²) < 4.78 is 9.55. The maximum absolute atomic E-state index is 11.7. The minimum absolute atomic E-state index is 0.0992. The monoisotopic (exact) mass is 282 g/mol. The topological polar surface area (TPSA) is 118 Å². The number of hydrogen-bond acceptors (Lipinski definition) is 7. The van der Waals surface area contributed by atoms with Crippen molar-refractivity contribution in [2.24, 2.45) is 5.10 Å². The number of hydrazone groups is 1. The predicted octanol–water partition coefficient (Wildman–Crippen LogP) is 0.390. The smallest absolute Gasteiger partial charge is 0.400 e. The Kier molecular flexibility index (Phi) is 3.75. The van der Waals surface area contributed by atoms with Gasteiger partial charge in [-0.1, -0.05) is 0 Å². The third-order valence-corrected chi connectivity index (χ3v) is 2.41. The van der Waals surface area contributed by atoms with Crippen molar-refractivity contribution in [1.29, 1.82) is 0 Å². The van der Waals surface area contributed by atoms with Gasteiger partial charge in [-0.05, 0) is 6.07 Å². The normalized spacial score (nSPS) is 15.7. The summed E-state index contributed by atoms with van der Waals surface area (Å²) in [5.41, 5.74) is 0. The molecule has 1 aromatic rings. The van der Waals surface area contributed by atoms with Gasteiger partial charge in [0.05, 0.1) is 12.3 Å². The predicted molar refractivity (Wildman–Crippen MR) is 63.8 cm³/mol. The van der Waals surface area contributed by atoms with E-state index in [-0.39, 0.29) is 19.0 Å². The molecule has 1 aliphatic heterocycles. The molecule has 20 heavy (non-hydrogen) atoms.